The second-order valence-corrected chi connectivity index (χ2v) is 23.5. The van der Waals surface area contributed by atoms with Crippen LogP contribution in [0.5, 0.6) is 0 Å². The fraction of sp³-hybridized carbons (Fsp3) is 0.955. The molecule has 6 nitrogen and oxygen atoms in total. The topological polar surface area (TPSA) is 110 Å². The van der Waals surface area contributed by atoms with Crippen LogP contribution in [-0.2, 0) is 4.79 Å². The Hall–Kier alpha value is -0.950. The molecular formula is C67H133NO5. The maximum Gasteiger partial charge on any atom is 0.249 e. The summed E-state index contributed by atoms with van der Waals surface area (Å²) in [7, 11) is 0. The average Bonchev–Trinajstić information content (AvgIpc) is 3.40. The number of carbonyl (C=O) groups is 1. The van der Waals surface area contributed by atoms with Crippen molar-refractivity contribution in [3.63, 3.8) is 0 Å². The van der Waals surface area contributed by atoms with Crippen LogP contribution < -0.4 is 5.32 Å². The normalized spacial score (nSPS) is 13.6. The molecule has 1 amide bonds. The van der Waals surface area contributed by atoms with E-state index in [0.717, 1.165) is 38.5 Å². The fourth-order valence-corrected chi connectivity index (χ4v) is 11.0. The zero-order valence-corrected chi connectivity index (χ0v) is 49.7. The molecule has 0 spiro atoms. The Morgan fingerprint density at radius 3 is 0.795 bits per heavy atom. The molecule has 0 rings (SSSR count). The highest BCUT2D eigenvalue weighted by atomic mass is 16.3. The lowest BCUT2D eigenvalue weighted by Crippen LogP contribution is -2.53. The quantitative estimate of drug-likeness (QED) is 0.0308. The van der Waals surface area contributed by atoms with E-state index in [0.29, 0.717) is 12.8 Å². The van der Waals surface area contributed by atoms with Gasteiger partial charge in [-0.3, -0.25) is 4.79 Å². The number of hydrogen-bond donors (Lipinski definition) is 5. The van der Waals surface area contributed by atoms with Crippen molar-refractivity contribution in [1.82, 2.24) is 5.32 Å². The molecule has 6 heteroatoms. The summed E-state index contributed by atoms with van der Waals surface area (Å²) in [5, 5.41) is 44.2. The summed E-state index contributed by atoms with van der Waals surface area (Å²) in [5.74, 6) is -0.575. The fourth-order valence-electron chi connectivity index (χ4n) is 11.0. The number of allylic oxidation sites excluding steroid dienone is 2. The Morgan fingerprint density at radius 1 is 0.329 bits per heavy atom. The molecule has 0 aliphatic carbocycles. The van der Waals surface area contributed by atoms with Crippen molar-refractivity contribution >= 4 is 5.91 Å². The molecule has 0 aliphatic heterocycles. The number of aliphatic hydroxyl groups is 4. The zero-order chi connectivity index (χ0) is 53.0. The molecule has 436 valence electrons. The lowest BCUT2D eigenvalue weighted by molar-refractivity contribution is -0.132. The highest BCUT2D eigenvalue weighted by Crippen LogP contribution is 2.19. The predicted molar refractivity (Wildman–Crippen MR) is 321 cm³/mol. The van der Waals surface area contributed by atoms with Crippen LogP contribution in [0.15, 0.2) is 12.2 Å². The third-order valence-electron chi connectivity index (χ3n) is 16.2. The molecule has 0 aliphatic rings. The Balaban J connectivity index is 3.54. The first-order chi connectivity index (χ1) is 36.0. The Labute approximate surface area is 457 Å². The number of rotatable bonds is 63. The second-order valence-electron chi connectivity index (χ2n) is 23.5. The van der Waals surface area contributed by atoms with Gasteiger partial charge >= 0.3 is 0 Å². The maximum atomic E-state index is 12.7. The summed E-state index contributed by atoms with van der Waals surface area (Å²) in [6.45, 7) is 4.11. The van der Waals surface area contributed by atoms with Gasteiger partial charge < -0.3 is 25.7 Å². The van der Waals surface area contributed by atoms with Crippen molar-refractivity contribution < 1.29 is 25.2 Å². The SMILES string of the molecule is CCCCCCCCCCCCCC/C=C\CCCCCCCCCCCCCCCCCC(O)C(=O)NC(CO)C(O)C(O)CCCCCCCCCCCCCCCCCCCCCCCCCCCC. The molecule has 4 atom stereocenters. The van der Waals surface area contributed by atoms with Crippen molar-refractivity contribution in [2.75, 3.05) is 6.61 Å². The number of amides is 1. The molecule has 0 aromatic carbocycles. The van der Waals surface area contributed by atoms with E-state index in [2.05, 4.69) is 31.3 Å². The molecule has 73 heavy (non-hydrogen) atoms. The number of carbonyl (C=O) groups excluding carboxylic acids is 1. The third kappa shape index (κ3) is 55.6. The third-order valence-corrected chi connectivity index (χ3v) is 16.2. The molecule has 0 saturated carbocycles. The van der Waals surface area contributed by atoms with Crippen LogP contribution in [0.25, 0.3) is 0 Å². The van der Waals surface area contributed by atoms with Gasteiger partial charge in [-0.25, -0.2) is 0 Å². The van der Waals surface area contributed by atoms with Crippen LogP contribution in [-0.4, -0.2) is 57.3 Å². The number of aliphatic hydroxyl groups excluding tert-OH is 4. The summed E-state index contributed by atoms with van der Waals surface area (Å²) >= 11 is 0. The van der Waals surface area contributed by atoms with Gasteiger partial charge in [0.25, 0.3) is 0 Å². The first kappa shape index (κ1) is 72.0. The van der Waals surface area contributed by atoms with E-state index < -0.39 is 36.9 Å². The van der Waals surface area contributed by atoms with Gasteiger partial charge in [0.1, 0.15) is 12.2 Å². The number of nitrogens with one attached hydrogen (secondary N) is 1. The van der Waals surface area contributed by atoms with Gasteiger partial charge in [-0.05, 0) is 38.5 Å². The van der Waals surface area contributed by atoms with Gasteiger partial charge in [-0.1, -0.05) is 353 Å². The molecule has 5 N–H and O–H groups in total. The summed E-state index contributed by atoms with van der Waals surface area (Å²) in [6, 6.07) is -0.984. The summed E-state index contributed by atoms with van der Waals surface area (Å²) < 4.78 is 0. The van der Waals surface area contributed by atoms with E-state index in [1.54, 1.807) is 0 Å². The largest absolute Gasteiger partial charge is 0.394 e. The highest BCUT2D eigenvalue weighted by molar-refractivity contribution is 5.80. The average molecular weight is 1030 g/mol. The molecule has 0 bridgehead atoms. The van der Waals surface area contributed by atoms with E-state index in [1.165, 1.54) is 315 Å². The van der Waals surface area contributed by atoms with Crippen LogP contribution >= 0.6 is 0 Å². The van der Waals surface area contributed by atoms with Crippen LogP contribution in [0.3, 0.4) is 0 Å². The maximum absolute atomic E-state index is 12.7. The minimum absolute atomic E-state index is 0.374. The molecule has 4 unspecified atom stereocenters. The van der Waals surface area contributed by atoms with E-state index in [-0.39, 0.29) is 0 Å². The van der Waals surface area contributed by atoms with Crippen molar-refractivity contribution in [3.05, 3.63) is 12.2 Å². The van der Waals surface area contributed by atoms with Crippen molar-refractivity contribution in [1.29, 1.82) is 0 Å². The van der Waals surface area contributed by atoms with Crippen LogP contribution in [0.1, 0.15) is 380 Å². The van der Waals surface area contributed by atoms with Crippen molar-refractivity contribution in [2.24, 2.45) is 0 Å². The van der Waals surface area contributed by atoms with Crippen LogP contribution in [0.2, 0.25) is 0 Å². The number of unbranched alkanes of at least 4 members (excludes halogenated alkanes) is 52. The minimum atomic E-state index is -1.26. The molecule has 0 fully saturated rings. The van der Waals surface area contributed by atoms with Gasteiger partial charge in [0, 0.05) is 0 Å². The Bertz CT molecular complexity index is 1070. The molecule has 0 heterocycles. The molecule has 0 aromatic heterocycles. The minimum Gasteiger partial charge on any atom is -0.394 e. The molecule has 0 radical (unpaired) electrons. The van der Waals surface area contributed by atoms with E-state index >= 15 is 0 Å². The van der Waals surface area contributed by atoms with Gasteiger partial charge in [-0.2, -0.15) is 0 Å². The predicted octanol–water partition coefficient (Wildman–Crippen LogP) is 20.4. The first-order valence-corrected chi connectivity index (χ1v) is 33.6. The van der Waals surface area contributed by atoms with Gasteiger partial charge in [0.2, 0.25) is 5.91 Å². The smallest absolute Gasteiger partial charge is 0.249 e. The summed E-state index contributed by atoms with van der Waals surface area (Å²) in [5.41, 5.74) is 0. The van der Waals surface area contributed by atoms with E-state index in [1.807, 2.05) is 0 Å². The lowest BCUT2D eigenvalue weighted by atomic mass is 9.99. The zero-order valence-electron chi connectivity index (χ0n) is 49.7. The molecular weight excluding hydrogens is 899 g/mol. The summed E-state index contributed by atoms with van der Waals surface area (Å²) in [6.07, 6.45) is 76.1. The van der Waals surface area contributed by atoms with Crippen molar-refractivity contribution in [2.45, 2.75) is 404 Å². The Kier molecular flexibility index (Phi) is 61.1. The summed E-state index contributed by atoms with van der Waals surface area (Å²) in [4.78, 5) is 12.7. The highest BCUT2D eigenvalue weighted by Gasteiger charge is 2.28. The Morgan fingerprint density at radius 2 is 0.548 bits per heavy atom. The second kappa shape index (κ2) is 61.9. The monoisotopic (exact) mass is 1030 g/mol. The van der Waals surface area contributed by atoms with Crippen LogP contribution in [0.4, 0.5) is 0 Å². The van der Waals surface area contributed by atoms with E-state index in [9.17, 15) is 25.2 Å². The van der Waals surface area contributed by atoms with Crippen molar-refractivity contribution in [3.8, 4) is 0 Å². The van der Waals surface area contributed by atoms with Crippen LogP contribution in [0, 0.1) is 0 Å². The first-order valence-electron chi connectivity index (χ1n) is 33.6. The van der Waals surface area contributed by atoms with Gasteiger partial charge in [-0.15, -0.1) is 0 Å². The van der Waals surface area contributed by atoms with Gasteiger partial charge in [0.15, 0.2) is 0 Å². The standard InChI is InChI=1S/C67H133NO5/c1-3-5-7-9-11-13-15-17-19-21-23-25-27-29-31-32-33-34-35-37-39-41-43-45-47-49-51-53-55-57-59-61-65(71)67(73)68-63(62-69)66(72)64(70)60-58-56-54-52-50-48-46-44-42-40-38-36-30-28-26-24-22-20-18-16-14-12-10-8-6-4-2/h29,31,63-66,69-72H,3-28,30,32-62H2,1-2H3,(H,68,73)/b31-29-. The van der Waals surface area contributed by atoms with Gasteiger partial charge in [0.05, 0.1) is 18.8 Å². The van der Waals surface area contributed by atoms with E-state index in [4.69, 9.17) is 0 Å². The molecule has 0 saturated heterocycles. The lowest BCUT2D eigenvalue weighted by Gasteiger charge is -2.27. The number of hydrogen-bond acceptors (Lipinski definition) is 5. The molecule has 0 aromatic rings.